The number of aliphatic imine (C=N–C) groups is 1. The van der Waals surface area contributed by atoms with Crippen LogP contribution in [0.15, 0.2) is 77.8 Å². The predicted octanol–water partition coefficient (Wildman–Crippen LogP) is 2.85. The van der Waals surface area contributed by atoms with Crippen molar-refractivity contribution in [1.29, 1.82) is 0 Å². The number of ether oxygens (including phenoxy) is 4. The smallest absolute Gasteiger partial charge is 0.308 e. The third kappa shape index (κ3) is 8.28. The van der Waals surface area contributed by atoms with Crippen LogP contribution in [-0.4, -0.2) is 87.8 Å². The lowest BCUT2D eigenvalue weighted by molar-refractivity contribution is -0.278. The molecule has 0 radical (unpaired) electrons. The quantitative estimate of drug-likeness (QED) is 0.0269. The third-order valence-electron chi connectivity index (χ3n) is 9.29. The molecule has 0 saturated carbocycles. The number of nitrogens with two attached hydrogens (primary N) is 2. The number of hydrogen-bond donors (Lipinski definition) is 6. The van der Waals surface area contributed by atoms with Gasteiger partial charge in [0.25, 0.3) is 0 Å². The maximum absolute atomic E-state index is 14.6. The summed E-state index contributed by atoms with van der Waals surface area (Å²) in [5.41, 5.74) is 12.6. The molecule has 0 spiro atoms. The van der Waals surface area contributed by atoms with Crippen molar-refractivity contribution in [2.45, 2.75) is 57.6 Å². The summed E-state index contributed by atoms with van der Waals surface area (Å²) in [6, 6.07) is 20.2. The Bertz CT molecular complexity index is 2160. The minimum absolute atomic E-state index is 0.0163. The molecule has 8 N–H and O–H groups in total. The monoisotopic (exact) mass is 751 g/mol. The molecule has 1 fully saturated rings. The van der Waals surface area contributed by atoms with Gasteiger partial charge in [0.2, 0.25) is 6.29 Å². The highest BCUT2D eigenvalue weighted by molar-refractivity contribution is 6.31. The molecule has 2 aliphatic rings. The lowest BCUT2D eigenvalue weighted by atomic mass is 9.79. The van der Waals surface area contributed by atoms with Crippen LogP contribution in [0, 0.1) is 0 Å². The number of phenols is 1. The number of ketones is 2. The van der Waals surface area contributed by atoms with Crippen LogP contribution in [-0.2, 0) is 27.3 Å². The van der Waals surface area contributed by atoms with Gasteiger partial charge in [-0.25, -0.2) is 0 Å². The second-order valence-electron chi connectivity index (χ2n) is 13.1. The Morgan fingerprint density at radius 3 is 2.33 bits per heavy atom. The van der Waals surface area contributed by atoms with Crippen molar-refractivity contribution in [3.05, 3.63) is 123 Å². The summed E-state index contributed by atoms with van der Waals surface area (Å²) in [6.45, 7) is 2.40. The van der Waals surface area contributed by atoms with Crippen molar-refractivity contribution < 1.29 is 53.8 Å². The fourth-order valence-electron chi connectivity index (χ4n) is 6.63. The van der Waals surface area contributed by atoms with Crippen LogP contribution in [0.25, 0.3) is 12.2 Å². The van der Waals surface area contributed by atoms with E-state index in [2.05, 4.69) is 4.99 Å². The van der Waals surface area contributed by atoms with Gasteiger partial charge in [-0.2, -0.15) is 0 Å². The van der Waals surface area contributed by atoms with Crippen LogP contribution in [0.1, 0.15) is 73.5 Å². The summed E-state index contributed by atoms with van der Waals surface area (Å²) >= 11 is 0. The fraction of sp³-hybridized carbons (Fsp3) is 0.268. The zero-order valence-electron chi connectivity index (χ0n) is 30.0. The van der Waals surface area contributed by atoms with Gasteiger partial charge in [-0.05, 0) is 47.9 Å². The normalized spacial score (nSPS) is 20.5. The van der Waals surface area contributed by atoms with Crippen molar-refractivity contribution in [3.63, 3.8) is 0 Å². The zero-order valence-corrected chi connectivity index (χ0v) is 30.0. The Morgan fingerprint density at radius 1 is 0.891 bits per heavy atom. The van der Waals surface area contributed by atoms with Crippen molar-refractivity contribution in [3.8, 4) is 17.2 Å². The SMILES string of the molecule is CC(=O)Oc1ccc2c(c1C=Cc1ccccc1)C(=O)c1cc(O[C@H]3O[C@H](C)[C@@H](O)[C@@H](O)[C@H]3OCCN=C(N)N)c(Cc3cccc(CO)c3)c(O)c1C2=O. The molecule has 0 amide bonds. The number of aliphatic hydroxyl groups is 3. The number of fused-ring (bicyclic) bond motifs is 2. The predicted molar refractivity (Wildman–Crippen MR) is 201 cm³/mol. The highest BCUT2D eigenvalue weighted by atomic mass is 16.7. The number of benzene rings is 4. The van der Waals surface area contributed by atoms with Crippen LogP contribution >= 0.6 is 0 Å². The number of esters is 1. The minimum Gasteiger partial charge on any atom is -0.507 e. The molecular formula is C41H41N3O11. The Labute approximate surface area is 316 Å². The second kappa shape index (κ2) is 16.6. The van der Waals surface area contributed by atoms with E-state index in [4.69, 9.17) is 30.4 Å². The van der Waals surface area contributed by atoms with Gasteiger partial charge in [0.1, 0.15) is 35.6 Å². The van der Waals surface area contributed by atoms with Crippen LogP contribution in [0.3, 0.4) is 0 Å². The molecule has 1 aliphatic heterocycles. The van der Waals surface area contributed by atoms with Crippen molar-refractivity contribution in [1.82, 2.24) is 0 Å². The number of nitrogens with zero attached hydrogens (tertiary/aromatic N) is 1. The number of aliphatic hydroxyl groups excluding tert-OH is 3. The van der Waals surface area contributed by atoms with Gasteiger partial charge in [0.05, 0.1) is 31.4 Å². The average Bonchev–Trinajstić information content (AvgIpc) is 3.16. The van der Waals surface area contributed by atoms with Gasteiger partial charge < -0.3 is 50.8 Å². The van der Waals surface area contributed by atoms with Crippen molar-refractivity contribution in [2.75, 3.05) is 13.2 Å². The highest BCUT2D eigenvalue weighted by Gasteiger charge is 2.46. The zero-order chi connectivity index (χ0) is 39.4. The van der Waals surface area contributed by atoms with Crippen LogP contribution in [0.2, 0.25) is 0 Å². The number of hydrogen-bond acceptors (Lipinski definition) is 12. The fourth-order valence-corrected chi connectivity index (χ4v) is 6.63. The Kier molecular flexibility index (Phi) is 11.7. The highest BCUT2D eigenvalue weighted by Crippen LogP contribution is 2.44. The second-order valence-corrected chi connectivity index (χ2v) is 13.1. The summed E-state index contributed by atoms with van der Waals surface area (Å²) in [7, 11) is 0. The molecule has 55 heavy (non-hydrogen) atoms. The third-order valence-corrected chi connectivity index (χ3v) is 9.29. The molecule has 4 aromatic carbocycles. The van der Waals surface area contributed by atoms with E-state index in [-0.39, 0.29) is 77.0 Å². The first-order valence-corrected chi connectivity index (χ1v) is 17.5. The Hall–Kier alpha value is -5.90. The number of carbonyl (C=O) groups is 3. The Balaban J connectivity index is 1.49. The molecule has 14 heteroatoms. The van der Waals surface area contributed by atoms with Gasteiger partial charge in [0, 0.05) is 41.2 Å². The minimum atomic E-state index is -1.50. The first-order valence-electron chi connectivity index (χ1n) is 17.5. The first kappa shape index (κ1) is 38.8. The number of rotatable bonds is 12. The maximum atomic E-state index is 14.6. The van der Waals surface area contributed by atoms with Gasteiger partial charge in [0.15, 0.2) is 17.5 Å². The Morgan fingerprint density at radius 2 is 1.62 bits per heavy atom. The lowest BCUT2D eigenvalue weighted by Gasteiger charge is -2.41. The van der Waals surface area contributed by atoms with Crippen LogP contribution in [0.4, 0.5) is 0 Å². The van der Waals surface area contributed by atoms with E-state index in [1.807, 2.05) is 30.3 Å². The van der Waals surface area contributed by atoms with Gasteiger partial charge in [-0.1, -0.05) is 60.7 Å². The number of carbonyl (C=O) groups excluding carboxylic acids is 3. The van der Waals surface area contributed by atoms with E-state index in [0.717, 1.165) is 5.56 Å². The summed E-state index contributed by atoms with van der Waals surface area (Å²) < 4.78 is 23.7. The van der Waals surface area contributed by atoms with Crippen LogP contribution in [0.5, 0.6) is 17.2 Å². The molecule has 14 nitrogen and oxygen atoms in total. The van der Waals surface area contributed by atoms with E-state index < -0.39 is 54.0 Å². The van der Waals surface area contributed by atoms with Gasteiger partial charge >= 0.3 is 5.97 Å². The molecule has 286 valence electrons. The summed E-state index contributed by atoms with van der Waals surface area (Å²) in [6.07, 6.45) is -3.26. The maximum Gasteiger partial charge on any atom is 0.308 e. The molecule has 4 aromatic rings. The topological polar surface area (TPSA) is 233 Å². The molecule has 6 rings (SSSR count). The van der Waals surface area contributed by atoms with Gasteiger partial charge in [-0.3, -0.25) is 19.4 Å². The van der Waals surface area contributed by atoms with Gasteiger partial charge in [-0.15, -0.1) is 0 Å². The van der Waals surface area contributed by atoms with Crippen molar-refractivity contribution >= 4 is 35.6 Å². The summed E-state index contributed by atoms with van der Waals surface area (Å²) in [5.74, 6) is -2.73. The standard InChI is InChI=1S/C41H41N3O11/c1-21-34(47)38(51)39(52-16-15-44-41(42)43)40(53-21)55-31-19-29-33(36(49)28(31)18-24-9-6-10-25(17-24)20-45)35(48)27-13-14-30(54-22(2)46)26(32(27)37(29)50)12-11-23-7-4-3-5-8-23/h3-14,17,19,21,34,38-40,45,47,49,51H,15-16,18,20H2,1-2H3,(H4,42,43,44)/t21-,34-,38-,39-,40-/m1/s1. The number of guanidine groups is 1. The lowest BCUT2D eigenvalue weighted by Crippen LogP contribution is -2.59. The molecule has 0 bridgehead atoms. The van der Waals surface area contributed by atoms with E-state index in [0.29, 0.717) is 11.1 Å². The molecule has 0 unspecified atom stereocenters. The molecule has 1 aliphatic carbocycles. The number of phenolic OH excluding ortho intramolecular Hbond substituents is 1. The largest absolute Gasteiger partial charge is 0.507 e. The van der Waals surface area contributed by atoms with E-state index >= 15 is 0 Å². The molecule has 0 aromatic heterocycles. The van der Waals surface area contributed by atoms with E-state index in [1.165, 1.54) is 32.0 Å². The van der Waals surface area contributed by atoms with E-state index in [1.54, 1.807) is 36.4 Å². The summed E-state index contributed by atoms with van der Waals surface area (Å²) in [5, 5.41) is 43.5. The van der Waals surface area contributed by atoms with E-state index in [9.17, 15) is 34.8 Å². The number of aromatic hydroxyl groups is 1. The average molecular weight is 752 g/mol. The summed E-state index contributed by atoms with van der Waals surface area (Å²) in [4.78, 5) is 45.0. The molecule has 1 heterocycles. The first-order chi connectivity index (χ1) is 26.4. The van der Waals surface area contributed by atoms with Crippen LogP contribution < -0.4 is 20.9 Å². The molecular weight excluding hydrogens is 710 g/mol. The molecule has 5 atom stereocenters. The van der Waals surface area contributed by atoms with Crippen molar-refractivity contribution in [2.24, 2.45) is 16.5 Å². The molecule has 1 saturated heterocycles.